The van der Waals surface area contributed by atoms with Crippen molar-refractivity contribution in [1.29, 1.82) is 0 Å². The molecule has 0 radical (unpaired) electrons. The summed E-state index contributed by atoms with van der Waals surface area (Å²) in [5.41, 5.74) is 1.96. The lowest BCUT2D eigenvalue weighted by Crippen LogP contribution is -2.28. The minimum absolute atomic E-state index is 0.0922. The number of urea groups is 1. The molecule has 0 unspecified atom stereocenters. The number of nitrogens with one attached hydrogen (secondary N) is 3. The zero-order chi connectivity index (χ0) is 19.9. The molecule has 0 aromatic heterocycles. The highest BCUT2D eigenvalue weighted by Crippen LogP contribution is 2.27. The molecule has 1 fully saturated rings. The number of nitrogens with zero attached hydrogens (tertiary/aromatic N) is 1. The molecular weight excluding hydrogens is 359 g/mol. The molecule has 2 aromatic rings. The molecule has 7 heteroatoms. The SMILES string of the molecule is CCCNC(=O)c1cc(NC(=O)Nc2ccccc2F)ccc1N1CCCC1. The van der Waals surface area contributed by atoms with Crippen molar-refractivity contribution in [2.24, 2.45) is 0 Å². The van der Waals surface area contributed by atoms with E-state index in [1.807, 2.05) is 13.0 Å². The lowest BCUT2D eigenvalue weighted by Gasteiger charge is -2.22. The van der Waals surface area contributed by atoms with Crippen LogP contribution in [-0.4, -0.2) is 31.6 Å². The fourth-order valence-electron chi connectivity index (χ4n) is 3.21. The number of hydrogen-bond acceptors (Lipinski definition) is 3. The molecular formula is C21H25FN4O2. The molecule has 0 aliphatic carbocycles. The van der Waals surface area contributed by atoms with E-state index in [0.717, 1.165) is 38.0 Å². The maximum absolute atomic E-state index is 13.7. The van der Waals surface area contributed by atoms with Gasteiger partial charge in [-0.2, -0.15) is 0 Å². The third-order valence-electron chi connectivity index (χ3n) is 4.60. The molecule has 1 aliphatic heterocycles. The van der Waals surface area contributed by atoms with Gasteiger partial charge in [-0.25, -0.2) is 9.18 Å². The molecule has 1 aliphatic rings. The Balaban J connectivity index is 1.78. The van der Waals surface area contributed by atoms with Crippen molar-refractivity contribution in [2.45, 2.75) is 26.2 Å². The van der Waals surface area contributed by atoms with Crippen molar-refractivity contribution in [1.82, 2.24) is 5.32 Å². The summed E-state index contributed by atoms with van der Waals surface area (Å²) in [6.45, 7) is 4.40. The Bertz CT molecular complexity index is 850. The van der Waals surface area contributed by atoms with Crippen molar-refractivity contribution >= 4 is 29.0 Å². The van der Waals surface area contributed by atoms with Gasteiger partial charge in [-0.1, -0.05) is 19.1 Å². The predicted molar refractivity (Wildman–Crippen MR) is 110 cm³/mol. The second-order valence-corrected chi connectivity index (χ2v) is 6.74. The van der Waals surface area contributed by atoms with Crippen LogP contribution in [0.3, 0.4) is 0 Å². The van der Waals surface area contributed by atoms with Crippen molar-refractivity contribution in [3.05, 3.63) is 53.8 Å². The van der Waals surface area contributed by atoms with Crippen LogP contribution in [0.25, 0.3) is 0 Å². The molecule has 3 rings (SSSR count). The van der Waals surface area contributed by atoms with Crippen molar-refractivity contribution < 1.29 is 14.0 Å². The summed E-state index contributed by atoms with van der Waals surface area (Å²) in [6.07, 6.45) is 3.04. The molecule has 2 aromatic carbocycles. The van der Waals surface area contributed by atoms with Crippen LogP contribution in [0.2, 0.25) is 0 Å². The van der Waals surface area contributed by atoms with Gasteiger partial charge in [0.15, 0.2) is 0 Å². The molecule has 3 N–H and O–H groups in total. The molecule has 0 bridgehead atoms. The van der Waals surface area contributed by atoms with Crippen molar-refractivity contribution in [2.75, 3.05) is 35.2 Å². The first kappa shape index (κ1) is 19.7. The number of carbonyl (C=O) groups excluding carboxylic acids is 2. The molecule has 6 nitrogen and oxygen atoms in total. The van der Waals surface area contributed by atoms with E-state index >= 15 is 0 Å². The summed E-state index contributed by atoms with van der Waals surface area (Å²) in [6, 6.07) is 10.6. The van der Waals surface area contributed by atoms with Gasteiger partial charge in [-0.05, 0) is 49.6 Å². The van der Waals surface area contributed by atoms with Gasteiger partial charge in [-0.15, -0.1) is 0 Å². The maximum atomic E-state index is 13.7. The number of anilines is 3. The molecule has 28 heavy (non-hydrogen) atoms. The molecule has 0 saturated carbocycles. The predicted octanol–water partition coefficient (Wildman–Crippen LogP) is 4.21. The van der Waals surface area contributed by atoms with Gasteiger partial charge >= 0.3 is 6.03 Å². The van der Waals surface area contributed by atoms with Gasteiger partial charge in [0, 0.05) is 31.0 Å². The van der Waals surface area contributed by atoms with Gasteiger partial charge in [0.25, 0.3) is 5.91 Å². The van der Waals surface area contributed by atoms with Crippen LogP contribution in [0.1, 0.15) is 36.5 Å². The van der Waals surface area contributed by atoms with Gasteiger partial charge in [0.05, 0.1) is 11.3 Å². The average molecular weight is 384 g/mol. The zero-order valence-electron chi connectivity index (χ0n) is 15.9. The van der Waals surface area contributed by atoms with Crippen LogP contribution in [0.15, 0.2) is 42.5 Å². The Hall–Kier alpha value is -3.09. The Labute approximate surface area is 164 Å². The zero-order valence-corrected chi connectivity index (χ0v) is 15.9. The van der Waals surface area contributed by atoms with Crippen LogP contribution in [0.4, 0.5) is 26.2 Å². The van der Waals surface area contributed by atoms with Gasteiger partial charge in [-0.3, -0.25) is 4.79 Å². The highest BCUT2D eigenvalue weighted by Gasteiger charge is 2.20. The Morgan fingerprint density at radius 2 is 1.82 bits per heavy atom. The lowest BCUT2D eigenvalue weighted by molar-refractivity contribution is 0.0954. The lowest BCUT2D eigenvalue weighted by atomic mass is 10.1. The Kier molecular flexibility index (Phi) is 6.47. The largest absolute Gasteiger partial charge is 0.371 e. The molecule has 0 spiro atoms. The summed E-state index contributed by atoms with van der Waals surface area (Å²) < 4.78 is 13.7. The van der Waals surface area contributed by atoms with E-state index < -0.39 is 11.8 Å². The molecule has 1 heterocycles. The van der Waals surface area contributed by atoms with Gasteiger partial charge < -0.3 is 20.9 Å². The summed E-state index contributed by atoms with van der Waals surface area (Å²) >= 11 is 0. The third kappa shape index (κ3) is 4.79. The quantitative estimate of drug-likeness (QED) is 0.698. The van der Waals surface area contributed by atoms with Crippen molar-refractivity contribution in [3.8, 4) is 0 Å². The number of rotatable bonds is 6. The normalized spacial score (nSPS) is 13.3. The first-order chi connectivity index (χ1) is 13.6. The Morgan fingerprint density at radius 3 is 2.54 bits per heavy atom. The highest BCUT2D eigenvalue weighted by molar-refractivity contribution is 6.04. The van der Waals surface area contributed by atoms with E-state index in [1.165, 1.54) is 12.1 Å². The maximum Gasteiger partial charge on any atom is 0.323 e. The summed E-state index contributed by atoms with van der Waals surface area (Å²) in [7, 11) is 0. The molecule has 1 saturated heterocycles. The average Bonchev–Trinajstić information content (AvgIpc) is 3.22. The standard InChI is InChI=1S/C21H25FN4O2/c1-2-11-23-20(27)16-14-15(9-10-19(16)26-12-5-6-13-26)24-21(28)25-18-8-4-3-7-17(18)22/h3-4,7-10,14H,2,5-6,11-13H2,1H3,(H,23,27)(H2,24,25,28). The van der Waals surface area contributed by atoms with Crippen LogP contribution < -0.4 is 20.9 Å². The van der Waals surface area contributed by atoms with Crippen LogP contribution in [-0.2, 0) is 0 Å². The smallest absolute Gasteiger partial charge is 0.323 e. The van der Waals surface area contributed by atoms with E-state index in [1.54, 1.807) is 24.3 Å². The second kappa shape index (κ2) is 9.21. The Morgan fingerprint density at radius 1 is 1.07 bits per heavy atom. The second-order valence-electron chi connectivity index (χ2n) is 6.74. The third-order valence-corrected chi connectivity index (χ3v) is 4.60. The van der Waals surface area contributed by atoms with E-state index in [-0.39, 0.29) is 11.6 Å². The first-order valence-corrected chi connectivity index (χ1v) is 9.58. The molecule has 0 atom stereocenters. The fourth-order valence-corrected chi connectivity index (χ4v) is 3.21. The van der Waals surface area contributed by atoms with Crippen LogP contribution in [0, 0.1) is 5.82 Å². The number of hydrogen-bond donors (Lipinski definition) is 3. The van der Waals surface area contributed by atoms with E-state index in [4.69, 9.17) is 0 Å². The fraction of sp³-hybridized carbons (Fsp3) is 0.333. The molecule has 3 amide bonds. The summed E-state index contributed by atoms with van der Waals surface area (Å²) in [5, 5.41) is 8.04. The number of carbonyl (C=O) groups is 2. The van der Waals surface area contributed by atoms with Crippen molar-refractivity contribution in [3.63, 3.8) is 0 Å². The highest BCUT2D eigenvalue weighted by atomic mass is 19.1. The van der Waals surface area contributed by atoms with E-state index in [9.17, 15) is 14.0 Å². The minimum Gasteiger partial charge on any atom is -0.371 e. The van der Waals surface area contributed by atoms with Crippen LogP contribution >= 0.6 is 0 Å². The molecule has 148 valence electrons. The number of para-hydroxylation sites is 1. The number of benzene rings is 2. The number of halogens is 1. The van der Waals surface area contributed by atoms with E-state index in [2.05, 4.69) is 20.9 Å². The topological polar surface area (TPSA) is 73.5 Å². The van der Waals surface area contributed by atoms with Gasteiger partial charge in [0.2, 0.25) is 0 Å². The van der Waals surface area contributed by atoms with E-state index in [0.29, 0.717) is 17.8 Å². The number of amides is 3. The summed E-state index contributed by atoms with van der Waals surface area (Å²) in [4.78, 5) is 27.1. The van der Waals surface area contributed by atoms with Crippen LogP contribution in [0.5, 0.6) is 0 Å². The summed E-state index contributed by atoms with van der Waals surface area (Å²) in [5.74, 6) is -0.677. The van der Waals surface area contributed by atoms with Gasteiger partial charge in [0.1, 0.15) is 5.82 Å². The minimum atomic E-state index is -0.570. The first-order valence-electron chi connectivity index (χ1n) is 9.58. The monoisotopic (exact) mass is 384 g/mol.